The molecule has 0 unspecified atom stereocenters. The van der Waals surface area contributed by atoms with Crippen molar-refractivity contribution in [3.05, 3.63) is 35.4 Å². The lowest BCUT2D eigenvalue weighted by molar-refractivity contribution is 0.0263. The summed E-state index contributed by atoms with van der Waals surface area (Å²) in [5, 5.41) is 3.42. The number of piperidine rings is 1. The van der Waals surface area contributed by atoms with Crippen molar-refractivity contribution < 1.29 is 9.47 Å². The van der Waals surface area contributed by atoms with Crippen LogP contribution in [0.1, 0.15) is 37.8 Å². The lowest BCUT2D eigenvalue weighted by Crippen LogP contribution is -2.47. The summed E-state index contributed by atoms with van der Waals surface area (Å²) >= 11 is 0. The number of nitrogens with one attached hydrogen (secondary N) is 1. The molecular formula is C19H31N3O2. The molecule has 0 amide bonds. The molecule has 1 aliphatic heterocycles. The molecule has 1 aromatic carbocycles. The molecule has 1 heterocycles. The molecular weight excluding hydrogens is 302 g/mol. The van der Waals surface area contributed by atoms with Gasteiger partial charge in [-0.15, -0.1) is 0 Å². The summed E-state index contributed by atoms with van der Waals surface area (Å²) in [4.78, 5) is 7.16. The number of likely N-dealkylation sites (tertiary alicyclic amines) is 1. The van der Waals surface area contributed by atoms with Gasteiger partial charge in [-0.3, -0.25) is 0 Å². The highest BCUT2D eigenvalue weighted by Crippen LogP contribution is 2.14. The number of guanidine groups is 1. The first-order valence-electron chi connectivity index (χ1n) is 8.98. The molecule has 1 saturated heterocycles. The molecule has 134 valence electrons. The smallest absolute Gasteiger partial charge is 0.194 e. The minimum Gasteiger partial charge on any atom is -0.380 e. The van der Waals surface area contributed by atoms with Gasteiger partial charge in [0.2, 0.25) is 0 Å². The first-order valence-corrected chi connectivity index (χ1v) is 8.98. The Morgan fingerprint density at radius 2 is 1.83 bits per heavy atom. The van der Waals surface area contributed by atoms with E-state index in [1.807, 2.05) is 0 Å². The first kappa shape index (κ1) is 18.7. The van der Waals surface area contributed by atoms with Gasteiger partial charge in [0.25, 0.3) is 0 Å². The molecule has 1 fully saturated rings. The van der Waals surface area contributed by atoms with E-state index in [2.05, 4.69) is 48.3 Å². The molecule has 0 atom stereocenters. The SMILES string of the molecule is CCNC(=NCc1ccc(COC)cc1)N1CCC(OCC)CC1. The van der Waals surface area contributed by atoms with Gasteiger partial charge in [-0.25, -0.2) is 4.99 Å². The zero-order valence-electron chi connectivity index (χ0n) is 15.3. The predicted octanol–water partition coefficient (Wildman–Crippen LogP) is 2.80. The molecule has 1 aromatic rings. The summed E-state index contributed by atoms with van der Waals surface area (Å²) in [6.07, 6.45) is 2.55. The van der Waals surface area contributed by atoms with E-state index in [4.69, 9.17) is 14.5 Å². The number of rotatable bonds is 7. The first-order chi connectivity index (χ1) is 11.8. The highest BCUT2D eigenvalue weighted by Gasteiger charge is 2.21. The van der Waals surface area contributed by atoms with Gasteiger partial charge < -0.3 is 19.7 Å². The van der Waals surface area contributed by atoms with Crippen LogP contribution in [0.5, 0.6) is 0 Å². The molecule has 0 radical (unpaired) electrons. The van der Waals surface area contributed by atoms with Crippen molar-refractivity contribution in [3.63, 3.8) is 0 Å². The number of hydrogen-bond donors (Lipinski definition) is 1. The summed E-state index contributed by atoms with van der Waals surface area (Å²) in [7, 11) is 1.72. The second-order valence-corrected chi connectivity index (χ2v) is 6.06. The van der Waals surface area contributed by atoms with E-state index < -0.39 is 0 Å². The molecule has 0 aliphatic carbocycles. The van der Waals surface area contributed by atoms with Gasteiger partial charge in [0, 0.05) is 33.4 Å². The van der Waals surface area contributed by atoms with Gasteiger partial charge in [0.05, 0.1) is 19.3 Å². The largest absolute Gasteiger partial charge is 0.380 e. The highest BCUT2D eigenvalue weighted by molar-refractivity contribution is 5.80. The Labute approximate surface area is 146 Å². The van der Waals surface area contributed by atoms with Crippen LogP contribution in [-0.2, 0) is 22.6 Å². The van der Waals surface area contributed by atoms with Gasteiger partial charge in [-0.05, 0) is 37.8 Å². The molecule has 0 spiro atoms. The van der Waals surface area contributed by atoms with E-state index in [1.54, 1.807) is 7.11 Å². The van der Waals surface area contributed by atoms with E-state index in [9.17, 15) is 0 Å². The standard InChI is InChI=1S/C19H31N3O2/c1-4-20-19(22-12-10-18(11-13-22)24-5-2)21-14-16-6-8-17(9-7-16)15-23-3/h6-9,18H,4-5,10-15H2,1-3H3,(H,20,21). The molecule has 24 heavy (non-hydrogen) atoms. The quantitative estimate of drug-likeness (QED) is 0.616. The van der Waals surface area contributed by atoms with Crippen LogP contribution in [0.4, 0.5) is 0 Å². The van der Waals surface area contributed by atoms with Crippen LogP contribution < -0.4 is 5.32 Å². The summed E-state index contributed by atoms with van der Waals surface area (Å²) in [6.45, 7) is 9.22. The Morgan fingerprint density at radius 1 is 1.17 bits per heavy atom. The molecule has 0 aromatic heterocycles. The van der Waals surface area contributed by atoms with Crippen molar-refractivity contribution in [2.24, 2.45) is 4.99 Å². The molecule has 1 aliphatic rings. The summed E-state index contributed by atoms with van der Waals surface area (Å²) in [6, 6.07) is 8.47. The van der Waals surface area contributed by atoms with E-state index >= 15 is 0 Å². The van der Waals surface area contributed by atoms with Crippen LogP contribution in [0.25, 0.3) is 0 Å². The maximum absolute atomic E-state index is 5.73. The Kier molecular flexibility index (Phi) is 8.05. The van der Waals surface area contributed by atoms with Crippen molar-refractivity contribution in [1.29, 1.82) is 0 Å². The summed E-state index contributed by atoms with van der Waals surface area (Å²) in [5.74, 6) is 1.01. The predicted molar refractivity (Wildman–Crippen MR) is 98.2 cm³/mol. The zero-order valence-corrected chi connectivity index (χ0v) is 15.3. The fourth-order valence-electron chi connectivity index (χ4n) is 2.97. The van der Waals surface area contributed by atoms with Crippen molar-refractivity contribution in [3.8, 4) is 0 Å². The molecule has 0 saturated carbocycles. The molecule has 1 N–H and O–H groups in total. The second-order valence-electron chi connectivity index (χ2n) is 6.06. The Bertz CT molecular complexity index is 494. The Balaban J connectivity index is 1.93. The van der Waals surface area contributed by atoms with E-state index in [1.165, 1.54) is 11.1 Å². The van der Waals surface area contributed by atoms with Crippen LogP contribution >= 0.6 is 0 Å². The van der Waals surface area contributed by atoms with Crippen LogP contribution in [0.3, 0.4) is 0 Å². The van der Waals surface area contributed by atoms with Gasteiger partial charge in [0.15, 0.2) is 5.96 Å². The lowest BCUT2D eigenvalue weighted by Gasteiger charge is -2.34. The second kappa shape index (κ2) is 10.3. The van der Waals surface area contributed by atoms with Crippen LogP contribution in [0.15, 0.2) is 29.3 Å². The minimum atomic E-state index is 0.405. The summed E-state index contributed by atoms with van der Waals surface area (Å²) < 4.78 is 10.9. The number of hydrogen-bond acceptors (Lipinski definition) is 3. The van der Waals surface area contributed by atoms with Gasteiger partial charge >= 0.3 is 0 Å². The lowest BCUT2D eigenvalue weighted by atomic mass is 10.1. The average Bonchev–Trinajstić information content (AvgIpc) is 2.61. The molecule has 0 bridgehead atoms. The normalized spacial score (nSPS) is 16.5. The van der Waals surface area contributed by atoms with E-state index in [-0.39, 0.29) is 0 Å². The van der Waals surface area contributed by atoms with Crippen molar-refractivity contribution in [2.75, 3.05) is 33.4 Å². The summed E-state index contributed by atoms with van der Waals surface area (Å²) in [5.41, 5.74) is 2.41. The van der Waals surface area contributed by atoms with E-state index in [0.717, 1.165) is 45.0 Å². The third kappa shape index (κ3) is 5.80. The Morgan fingerprint density at radius 3 is 2.42 bits per heavy atom. The highest BCUT2D eigenvalue weighted by atomic mass is 16.5. The topological polar surface area (TPSA) is 46.1 Å². The van der Waals surface area contributed by atoms with Crippen LogP contribution in [-0.4, -0.2) is 50.3 Å². The van der Waals surface area contributed by atoms with Crippen LogP contribution in [0, 0.1) is 0 Å². The minimum absolute atomic E-state index is 0.405. The van der Waals surface area contributed by atoms with E-state index in [0.29, 0.717) is 19.3 Å². The number of aliphatic imine (C=N–C) groups is 1. The molecule has 5 heteroatoms. The fraction of sp³-hybridized carbons (Fsp3) is 0.632. The van der Waals surface area contributed by atoms with Gasteiger partial charge in [-0.2, -0.15) is 0 Å². The van der Waals surface area contributed by atoms with Crippen molar-refractivity contribution in [1.82, 2.24) is 10.2 Å². The molecule has 5 nitrogen and oxygen atoms in total. The van der Waals surface area contributed by atoms with Gasteiger partial charge in [0.1, 0.15) is 0 Å². The number of nitrogens with zero attached hydrogens (tertiary/aromatic N) is 2. The maximum atomic E-state index is 5.73. The average molecular weight is 333 g/mol. The van der Waals surface area contributed by atoms with Crippen molar-refractivity contribution in [2.45, 2.75) is 45.9 Å². The maximum Gasteiger partial charge on any atom is 0.194 e. The number of methoxy groups -OCH3 is 1. The van der Waals surface area contributed by atoms with Crippen molar-refractivity contribution >= 4 is 5.96 Å². The van der Waals surface area contributed by atoms with Gasteiger partial charge in [-0.1, -0.05) is 24.3 Å². The zero-order chi connectivity index (χ0) is 17.2. The Hall–Kier alpha value is -1.59. The third-order valence-corrected chi connectivity index (χ3v) is 4.22. The number of benzene rings is 1. The number of ether oxygens (including phenoxy) is 2. The fourth-order valence-corrected chi connectivity index (χ4v) is 2.97. The monoisotopic (exact) mass is 333 g/mol. The third-order valence-electron chi connectivity index (χ3n) is 4.22. The van der Waals surface area contributed by atoms with Crippen LogP contribution in [0.2, 0.25) is 0 Å². The molecule has 2 rings (SSSR count).